The van der Waals surface area contributed by atoms with Gasteiger partial charge in [0.25, 0.3) is 5.69 Å². The number of nitrogens with zero attached hydrogens (tertiary/aromatic N) is 3. The van der Waals surface area contributed by atoms with Crippen molar-refractivity contribution in [2.24, 2.45) is 0 Å². The standard InChI is InChI=1S/C19H16N4O4S/c24-23(25)16-8-14-10-26-12-27-18(14)15(9-16)11-28-19-20-17(21-22-19)7-6-13-4-2-1-3-5-13/h1-9H,10-12H2,(H,20,21,22)/b7-6+. The molecule has 4 rings (SSSR count). The van der Waals surface area contributed by atoms with Crippen molar-refractivity contribution in [2.75, 3.05) is 6.79 Å². The molecule has 8 nitrogen and oxygen atoms in total. The number of non-ortho nitro benzene ring substituents is 1. The van der Waals surface area contributed by atoms with Gasteiger partial charge in [-0.25, -0.2) is 4.98 Å². The fraction of sp³-hybridized carbons (Fsp3) is 0.158. The Bertz CT molecular complexity index is 1020. The Balaban J connectivity index is 1.48. The van der Waals surface area contributed by atoms with Gasteiger partial charge in [-0.3, -0.25) is 15.2 Å². The van der Waals surface area contributed by atoms with Crippen LogP contribution in [0, 0.1) is 10.1 Å². The van der Waals surface area contributed by atoms with Gasteiger partial charge in [-0.1, -0.05) is 48.2 Å². The normalized spacial score (nSPS) is 13.3. The first-order valence-electron chi connectivity index (χ1n) is 8.48. The van der Waals surface area contributed by atoms with E-state index in [2.05, 4.69) is 15.2 Å². The van der Waals surface area contributed by atoms with E-state index in [9.17, 15) is 10.1 Å². The molecular weight excluding hydrogens is 380 g/mol. The molecule has 0 aliphatic carbocycles. The van der Waals surface area contributed by atoms with Crippen molar-refractivity contribution in [3.8, 4) is 5.75 Å². The van der Waals surface area contributed by atoms with Crippen molar-refractivity contribution in [3.63, 3.8) is 0 Å². The summed E-state index contributed by atoms with van der Waals surface area (Å²) in [6, 6.07) is 12.9. The predicted octanol–water partition coefficient (Wildman–Crippen LogP) is 4.04. The Labute approximate surface area is 164 Å². The number of fused-ring (bicyclic) bond motifs is 1. The second-order valence-corrected chi connectivity index (χ2v) is 6.94. The van der Waals surface area contributed by atoms with Gasteiger partial charge in [0.1, 0.15) is 11.6 Å². The van der Waals surface area contributed by atoms with Crippen molar-refractivity contribution in [1.29, 1.82) is 0 Å². The summed E-state index contributed by atoms with van der Waals surface area (Å²) in [6.07, 6.45) is 3.79. The van der Waals surface area contributed by atoms with Crippen LogP contribution in [0.3, 0.4) is 0 Å². The van der Waals surface area contributed by atoms with Gasteiger partial charge in [-0.2, -0.15) is 0 Å². The molecule has 3 aromatic rings. The lowest BCUT2D eigenvalue weighted by atomic mass is 10.1. The Kier molecular flexibility index (Phi) is 5.36. The second-order valence-electron chi connectivity index (χ2n) is 6.00. The lowest BCUT2D eigenvalue weighted by Crippen LogP contribution is -2.13. The molecule has 0 saturated heterocycles. The van der Waals surface area contributed by atoms with Crippen molar-refractivity contribution in [2.45, 2.75) is 17.5 Å². The van der Waals surface area contributed by atoms with Crippen LogP contribution in [0.25, 0.3) is 12.2 Å². The SMILES string of the molecule is O=[N+]([O-])c1cc2c(c(CSc3n[nH]c(/C=C/c4ccccc4)n3)c1)OCOC2. The number of aromatic nitrogens is 3. The van der Waals surface area contributed by atoms with E-state index in [0.717, 1.165) is 11.1 Å². The maximum Gasteiger partial charge on any atom is 0.270 e. The van der Waals surface area contributed by atoms with Gasteiger partial charge in [-0.05, 0) is 11.6 Å². The zero-order valence-electron chi connectivity index (χ0n) is 14.7. The van der Waals surface area contributed by atoms with Gasteiger partial charge in [-0.15, -0.1) is 5.10 Å². The van der Waals surface area contributed by atoms with E-state index in [4.69, 9.17) is 9.47 Å². The zero-order valence-corrected chi connectivity index (χ0v) is 15.5. The molecule has 142 valence electrons. The number of benzene rings is 2. The van der Waals surface area contributed by atoms with E-state index in [0.29, 0.717) is 34.7 Å². The van der Waals surface area contributed by atoms with E-state index in [1.807, 2.05) is 42.5 Å². The summed E-state index contributed by atoms with van der Waals surface area (Å²) < 4.78 is 10.8. The topological polar surface area (TPSA) is 103 Å². The lowest BCUT2D eigenvalue weighted by Gasteiger charge is -2.20. The highest BCUT2D eigenvalue weighted by Gasteiger charge is 2.21. The average Bonchev–Trinajstić information content (AvgIpc) is 3.19. The molecule has 0 unspecified atom stereocenters. The summed E-state index contributed by atoms with van der Waals surface area (Å²) in [5, 5.41) is 18.8. The highest BCUT2D eigenvalue weighted by molar-refractivity contribution is 7.98. The number of rotatable bonds is 6. The van der Waals surface area contributed by atoms with Crippen molar-refractivity contribution in [3.05, 3.63) is 75.1 Å². The number of hydrogen-bond donors (Lipinski definition) is 1. The van der Waals surface area contributed by atoms with Crippen LogP contribution in [0.5, 0.6) is 5.75 Å². The van der Waals surface area contributed by atoms with E-state index in [-0.39, 0.29) is 12.5 Å². The summed E-state index contributed by atoms with van der Waals surface area (Å²) in [5.74, 6) is 1.73. The van der Waals surface area contributed by atoms with Crippen LogP contribution in [0.2, 0.25) is 0 Å². The van der Waals surface area contributed by atoms with E-state index in [1.165, 1.54) is 23.9 Å². The fourth-order valence-corrected chi connectivity index (χ4v) is 3.54. The maximum absolute atomic E-state index is 11.2. The molecule has 0 fully saturated rings. The smallest absolute Gasteiger partial charge is 0.270 e. The van der Waals surface area contributed by atoms with Crippen molar-refractivity contribution in [1.82, 2.24) is 15.2 Å². The number of nitro benzene ring substituents is 1. The third-order valence-corrected chi connectivity index (χ3v) is 4.95. The van der Waals surface area contributed by atoms with Crippen LogP contribution in [0.15, 0.2) is 47.6 Å². The summed E-state index contributed by atoms with van der Waals surface area (Å²) in [6.45, 7) is 0.432. The minimum atomic E-state index is -0.414. The third-order valence-electron chi connectivity index (χ3n) is 4.05. The first-order chi connectivity index (χ1) is 13.7. The molecule has 2 heterocycles. The fourth-order valence-electron chi connectivity index (χ4n) is 2.77. The van der Waals surface area contributed by atoms with Crippen molar-refractivity contribution < 1.29 is 14.4 Å². The Morgan fingerprint density at radius 2 is 2.11 bits per heavy atom. The monoisotopic (exact) mass is 396 g/mol. The molecule has 0 spiro atoms. The first kappa shape index (κ1) is 18.2. The predicted molar refractivity (Wildman–Crippen MR) is 105 cm³/mol. The van der Waals surface area contributed by atoms with Crippen molar-refractivity contribution >= 4 is 29.6 Å². The molecule has 1 N–H and O–H groups in total. The van der Waals surface area contributed by atoms with Gasteiger partial charge in [0.15, 0.2) is 6.79 Å². The first-order valence-corrected chi connectivity index (χ1v) is 9.46. The molecule has 1 aliphatic heterocycles. The zero-order chi connectivity index (χ0) is 19.3. The summed E-state index contributed by atoms with van der Waals surface area (Å²) in [4.78, 5) is 15.2. The number of aromatic amines is 1. The molecule has 2 aromatic carbocycles. The highest BCUT2D eigenvalue weighted by Crippen LogP contribution is 2.35. The van der Waals surface area contributed by atoms with Gasteiger partial charge in [0.2, 0.25) is 5.16 Å². The van der Waals surface area contributed by atoms with E-state index < -0.39 is 4.92 Å². The number of nitro groups is 1. The molecule has 1 aliphatic rings. The van der Waals surface area contributed by atoms with Gasteiger partial charge in [0.05, 0.1) is 11.5 Å². The summed E-state index contributed by atoms with van der Waals surface area (Å²) in [7, 11) is 0. The number of H-pyrrole nitrogens is 1. The van der Waals surface area contributed by atoms with Gasteiger partial charge >= 0.3 is 0 Å². The molecule has 0 atom stereocenters. The van der Waals surface area contributed by atoms with Crippen LogP contribution in [0.4, 0.5) is 5.69 Å². The molecule has 0 radical (unpaired) electrons. The molecule has 0 saturated carbocycles. The molecule has 1 aromatic heterocycles. The Hall–Kier alpha value is -3.17. The van der Waals surface area contributed by atoms with E-state index >= 15 is 0 Å². The van der Waals surface area contributed by atoms with Crippen LogP contribution < -0.4 is 4.74 Å². The Morgan fingerprint density at radius 3 is 2.93 bits per heavy atom. The van der Waals surface area contributed by atoms with Crippen LogP contribution in [-0.4, -0.2) is 26.9 Å². The molecule has 0 amide bonds. The minimum Gasteiger partial charge on any atom is -0.467 e. The number of nitrogens with one attached hydrogen (secondary N) is 1. The second kappa shape index (κ2) is 8.24. The average molecular weight is 396 g/mol. The summed E-state index contributed by atoms with van der Waals surface area (Å²) in [5.41, 5.74) is 2.49. The summed E-state index contributed by atoms with van der Waals surface area (Å²) >= 11 is 1.38. The number of ether oxygens (including phenoxy) is 2. The minimum absolute atomic E-state index is 0.0184. The van der Waals surface area contributed by atoms with Gasteiger partial charge in [0, 0.05) is 29.0 Å². The molecule has 28 heavy (non-hydrogen) atoms. The largest absolute Gasteiger partial charge is 0.467 e. The third kappa shape index (κ3) is 4.21. The Morgan fingerprint density at radius 1 is 1.25 bits per heavy atom. The van der Waals surface area contributed by atoms with Crippen LogP contribution in [-0.2, 0) is 17.1 Å². The van der Waals surface area contributed by atoms with Crippen LogP contribution in [0.1, 0.15) is 22.5 Å². The molecule has 9 heteroatoms. The van der Waals surface area contributed by atoms with Crippen LogP contribution >= 0.6 is 11.8 Å². The van der Waals surface area contributed by atoms with E-state index in [1.54, 1.807) is 0 Å². The van der Waals surface area contributed by atoms with Gasteiger partial charge < -0.3 is 9.47 Å². The number of thioether (sulfide) groups is 1. The highest BCUT2D eigenvalue weighted by atomic mass is 32.2. The maximum atomic E-state index is 11.2. The lowest BCUT2D eigenvalue weighted by molar-refractivity contribution is -0.385. The molecular formula is C19H16N4O4S. The number of hydrogen-bond acceptors (Lipinski definition) is 7. The molecule has 0 bridgehead atoms. The quantitative estimate of drug-likeness (QED) is 0.381.